The molecule has 6 fully saturated rings. The van der Waals surface area contributed by atoms with Crippen LogP contribution in [0.3, 0.4) is 0 Å². The summed E-state index contributed by atoms with van der Waals surface area (Å²) in [6.07, 6.45) is -0.209. The van der Waals surface area contributed by atoms with E-state index in [2.05, 4.69) is 78.6 Å². The van der Waals surface area contributed by atoms with Crippen molar-refractivity contribution in [1.29, 1.82) is 5.26 Å². The van der Waals surface area contributed by atoms with E-state index in [1.54, 1.807) is 38.1 Å². The van der Waals surface area contributed by atoms with Crippen LogP contribution in [0.2, 0.25) is 36.3 Å². The van der Waals surface area contributed by atoms with Crippen LogP contribution in [0.1, 0.15) is 86.6 Å². The molecule has 0 aliphatic carbocycles. The van der Waals surface area contributed by atoms with Crippen LogP contribution in [0.15, 0.2) is 72.8 Å². The van der Waals surface area contributed by atoms with Crippen LogP contribution in [0, 0.1) is 41.6 Å². The van der Waals surface area contributed by atoms with E-state index < -0.39 is 74.9 Å². The molecule has 6 aliphatic rings. The Labute approximate surface area is 424 Å². The minimum absolute atomic E-state index is 0.0417. The standard InChI is InChI=1S/2C28H34N2O5Si/c1-26(2,3)36(6,7)34-15-14-28-16-21(31)27(4,35-28)22-23(28)25(33)30(24(22)32)20-13-12-19(29-5)17-10-8-9-11-18(17)20;1-26(2,3)36(5,6)34-14-13-28-15-21(31)27(4,35-28)22-23(28)25(33)30(24(22)32)20-12-11-17(16-29)18-9-7-8-10-19(18)20/h8-13,21-23,31H,14-16H2,1-4,6-7H3;7-12,21-23,31H,13-15H2,1-6H3/t2*21-,22-,23+,27?,28?/m10/s1. The minimum atomic E-state index is -2.02. The maximum Gasteiger partial charge on any atom is 0.240 e. The van der Waals surface area contributed by atoms with Crippen molar-refractivity contribution >= 4 is 78.9 Å². The average Bonchev–Trinajstić information content (AvgIpc) is 4.06. The average molecular weight is 1010 g/mol. The van der Waals surface area contributed by atoms with Gasteiger partial charge in [-0.2, -0.15) is 5.26 Å². The van der Waals surface area contributed by atoms with Crippen molar-refractivity contribution in [3.05, 3.63) is 89.8 Å². The molecule has 4 aromatic carbocycles. The molecular weight excluding hydrogens is 945 g/mol. The van der Waals surface area contributed by atoms with Crippen molar-refractivity contribution in [2.45, 2.75) is 152 Å². The summed E-state index contributed by atoms with van der Waals surface area (Å²) in [4.78, 5) is 61.9. The molecule has 6 saturated heterocycles. The number of ether oxygens (including phenoxy) is 2. The van der Waals surface area contributed by atoms with E-state index in [1.807, 2.05) is 48.5 Å². The van der Waals surface area contributed by atoms with Gasteiger partial charge in [-0.15, -0.1) is 0 Å². The second-order valence-electron chi connectivity index (χ2n) is 24.3. The summed E-state index contributed by atoms with van der Waals surface area (Å²) in [5.74, 6) is -4.20. The zero-order chi connectivity index (χ0) is 52.5. The van der Waals surface area contributed by atoms with E-state index in [0.29, 0.717) is 83.1 Å². The van der Waals surface area contributed by atoms with E-state index in [0.717, 1.165) is 0 Å². The monoisotopic (exact) mass is 1010 g/mol. The highest BCUT2D eigenvalue weighted by Crippen LogP contribution is 2.64. The lowest BCUT2D eigenvalue weighted by Gasteiger charge is -2.38. The fourth-order valence-electron chi connectivity index (χ4n) is 12.2. The number of carbonyl (C=O) groups is 4. The third kappa shape index (κ3) is 7.57. The lowest BCUT2D eigenvalue weighted by molar-refractivity contribution is -0.135. The number of amides is 4. The molecule has 2 N–H and O–H groups in total. The second kappa shape index (κ2) is 17.2. The summed E-state index contributed by atoms with van der Waals surface area (Å²) < 4.78 is 25.7. The zero-order valence-electron chi connectivity index (χ0n) is 43.6. The van der Waals surface area contributed by atoms with E-state index in [1.165, 1.54) is 9.80 Å². The highest BCUT2D eigenvalue weighted by atomic mass is 28.4. The van der Waals surface area contributed by atoms with E-state index in [-0.39, 0.29) is 33.7 Å². The predicted octanol–water partition coefficient (Wildman–Crippen LogP) is 9.72. The number of rotatable bonds is 10. The lowest BCUT2D eigenvalue weighted by Crippen LogP contribution is -2.50. The van der Waals surface area contributed by atoms with Crippen LogP contribution in [-0.4, -0.2) is 98.3 Å². The molecule has 72 heavy (non-hydrogen) atoms. The molecule has 380 valence electrons. The van der Waals surface area contributed by atoms with Crippen LogP contribution < -0.4 is 9.80 Å². The van der Waals surface area contributed by atoms with Gasteiger partial charge in [-0.25, -0.2) is 14.6 Å². The SMILES string of the molecule is CC12OC(CCO[Si](C)(C)C(C)(C)C)(C[C@@H]1O)[C@H]1C(=O)N(c3ccc(C#N)c4ccccc34)C(=O)[C@H]12.[C-]#[N+]c1ccc(N2C(=O)[C@@H]3[C@H](C2=O)C2(C)OC3(CCO[Si](C)(C)C(C)(C)C)C[C@H]2O)c2ccccc12. The van der Waals surface area contributed by atoms with Crippen molar-refractivity contribution in [3.63, 3.8) is 0 Å². The van der Waals surface area contributed by atoms with Gasteiger partial charge in [0.25, 0.3) is 0 Å². The molecule has 0 spiro atoms. The molecule has 0 aromatic heterocycles. The highest BCUT2D eigenvalue weighted by Gasteiger charge is 2.78. The van der Waals surface area contributed by atoms with E-state index in [9.17, 15) is 34.7 Å². The molecular formula is C56H68N4O10Si2. The summed E-state index contributed by atoms with van der Waals surface area (Å²) in [6.45, 7) is 33.6. The quantitative estimate of drug-likeness (QED) is 0.0877. The van der Waals surface area contributed by atoms with Crippen molar-refractivity contribution in [2.75, 3.05) is 23.0 Å². The van der Waals surface area contributed by atoms with Crippen molar-refractivity contribution in [1.82, 2.24) is 0 Å². The zero-order valence-corrected chi connectivity index (χ0v) is 45.6. The number of hydrogen-bond donors (Lipinski definition) is 2. The normalized spacial score (nSPS) is 31.8. The van der Waals surface area contributed by atoms with Gasteiger partial charge in [0.05, 0.1) is 76.7 Å². The van der Waals surface area contributed by atoms with Gasteiger partial charge in [-0.1, -0.05) is 96.1 Å². The van der Waals surface area contributed by atoms with Crippen LogP contribution in [-0.2, 0) is 37.5 Å². The minimum Gasteiger partial charge on any atom is -0.417 e. The van der Waals surface area contributed by atoms with Crippen molar-refractivity contribution in [3.8, 4) is 6.07 Å². The van der Waals surface area contributed by atoms with Gasteiger partial charge >= 0.3 is 0 Å². The first kappa shape index (κ1) is 51.7. The summed E-state index contributed by atoms with van der Waals surface area (Å²) in [6, 6.07) is 23.5. The highest BCUT2D eigenvalue weighted by molar-refractivity contribution is 6.74. The maximum absolute atomic E-state index is 14.0. The van der Waals surface area contributed by atoms with Crippen LogP contribution >= 0.6 is 0 Å². The summed E-state index contributed by atoms with van der Waals surface area (Å²) in [7, 11) is -4.04. The molecule has 10 atom stereocenters. The first-order chi connectivity index (χ1) is 33.5. The summed E-state index contributed by atoms with van der Waals surface area (Å²) in [5, 5.41) is 34.4. The summed E-state index contributed by atoms with van der Waals surface area (Å²) in [5.41, 5.74) is -2.26. The maximum atomic E-state index is 14.0. The Morgan fingerprint density at radius 1 is 0.639 bits per heavy atom. The van der Waals surface area contributed by atoms with Gasteiger partial charge in [-0.05, 0) is 91.9 Å². The Kier molecular flexibility index (Phi) is 12.4. The molecule has 0 radical (unpaired) electrons. The Balaban J connectivity index is 0.000000178. The van der Waals surface area contributed by atoms with Crippen molar-refractivity contribution in [2.24, 2.45) is 23.7 Å². The number of nitrogens with zero attached hydrogens (tertiary/aromatic N) is 4. The number of fused-ring (bicyclic) bond motifs is 12. The molecule has 4 amide bonds. The third-order valence-corrected chi connectivity index (χ3v) is 27.4. The lowest BCUT2D eigenvalue weighted by atomic mass is 9.66. The summed E-state index contributed by atoms with van der Waals surface area (Å²) >= 11 is 0. The van der Waals surface area contributed by atoms with Crippen LogP contribution in [0.5, 0.6) is 0 Å². The smallest absolute Gasteiger partial charge is 0.240 e. The fraction of sp³-hybridized carbons (Fsp3) is 0.536. The number of benzene rings is 4. The Bertz CT molecular complexity index is 2820. The van der Waals surface area contributed by atoms with E-state index in [4.69, 9.17) is 24.9 Å². The molecule has 14 nitrogen and oxygen atoms in total. The predicted molar refractivity (Wildman–Crippen MR) is 279 cm³/mol. The van der Waals surface area contributed by atoms with E-state index >= 15 is 0 Å². The fourth-order valence-corrected chi connectivity index (χ4v) is 14.3. The molecule has 0 saturated carbocycles. The number of imide groups is 2. The Morgan fingerprint density at radius 2 is 1.01 bits per heavy atom. The van der Waals surface area contributed by atoms with Gasteiger partial charge in [0.15, 0.2) is 22.3 Å². The van der Waals surface area contributed by atoms with Crippen molar-refractivity contribution < 1.29 is 47.7 Å². The third-order valence-electron chi connectivity index (χ3n) is 18.3. The first-order valence-electron chi connectivity index (χ1n) is 25.2. The van der Waals surface area contributed by atoms with Gasteiger partial charge in [-0.3, -0.25) is 19.2 Å². The first-order valence-corrected chi connectivity index (χ1v) is 31.0. The van der Waals surface area contributed by atoms with Gasteiger partial charge in [0.2, 0.25) is 23.6 Å². The molecule has 4 aromatic rings. The topological polar surface area (TPSA) is 180 Å². The number of carbonyl (C=O) groups excluding carboxylic acids is 4. The Morgan fingerprint density at radius 3 is 1.42 bits per heavy atom. The number of nitriles is 1. The number of anilines is 2. The largest absolute Gasteiger partial charge is 0.417 e. The Hall–Kier alpha value is -5.15. The molecule has 4 unspecified atom stereocenters. The molecule has 10 rings (SSSR count). The van der Waals surface area contributed by atoms with Gasteiger partial charge < -0.3 is 28.5 Å². The van der Waals surface area contributed by atoms with Gasteiger partial charge in [0, 0.05) is 36.8 Å². The number of aliphatic hydroxyl groups excluding tert-OH is 2. The number of hydrogen-bond acceptors (Lipinski definition) is 11. The molecule has 6 aliphatic heterocycles. The molecule has 6 heterocycles. The molecule has 16 heteroatoms. The second-order valence-corrected chi connectivity index (χ2v) is 34.0. The van der Waals surface area contributed by atoms with Gasteiger partial charge in [0.1, 0.15) is 11.2 Å². The van der Waals surface area contributed by atoms with Crippen LogP contribution in [0.25, 0.3) is 26.4 Å². The molecule has 4 bridgehead atoms. The number of aliphatic hydroxyl groups is 2. The van der Waals surface area contributed by atoms with Crippen LogP contribution in [0.4, 0.5) is 17.1 Å².